The first-order chi connectivity index (χ1) is 5.59. The zero-order valence-electron chi connectivity index (χ0n) is 6.95. The lowest BCUT2D eigenvalue weighted by Gasteiger charge is -2.05. The van der Waals surface area contributed by atoms with Gasteiger partial charge in [0.25, 0.3) is 0 Å². The maximum absolute atomic E-state index is 10.7. The molecule has 12 heavy (non-hydrogen) atoms. The number of carboxylic acid groups (broad SMARTS) is 1. The number of aliphatic carboxylic acids is 1. The van der Waals surface area contributed by atoms with Gasteiger partial charge in [0.05, 0.1) is 0 Å². The molecule has 0 aliphatic carbocycles. The van der Waals surface area contributed by atoms with E-state index in [9.17, 15) is 14.4 Å². The Bertz CT molecular complexity index is 171. The molecule has 1 atom stereocenters. The average Bonchev–Trinajstić information content (AvgIpc) is 1.96. The zero-order valence-corrected chi connectivity index (χ0v) is 6.95. The van der Waals surface area contributed by atoms with Gasteiger partial charge in [-0.15, -0.1) is 0 Å². The van der Waals surface area contributed by atoms with Crippen LogP contribution in [-0.2, 0) is 14.4 Å². The normalized spacial score (nSPS) is 12.1. The Morgan fingerprint density at radius 1 is 1.50 bits per heavy atom. The molecule has 0 amide bonds. The van der Waals surface area contributed by atoms with Crippen molar-refractivity contribution in [3.63, 3.8) is 0 Å². The van der Waals surface area contributed by atoms with Crippen molar-refractivity contribution in [1.29, 1.82) is 0 Å². The van der Waals surface area contributed by atoms with Crippen LogP contribution >= 0.6 is 0 Å². The molecule has 0 saturated heterocycles. The molecule has 0 bridgehead atoms. The molecular formula is C8H12O4. The SMILES string of the molecule is CC(=O)C(CCCC=O)C(=O)O. The molecular weight excluding hydrogens is 160 g/mol. The fourth-order valence-corrected chi connectivity index (χ4v) is 0.906. The van der Waals surface area contributed by atoms with Crippen LogP contribution in [0.1, 0.15) is 26.2 Å². The van der Waals surface area contributed by atoms with Gasteiger partial charge >= 0.3 is 5.97 Å². The van der Waals surface area contributed by atoms with Gasteiger partial charge in [-0.25, -0.2) is 0 Å². The molecule has 68 valence electrons. The lowest BCUT2D eigenvalue weighted by Crippen LogP contribution is -2.21. The first kappa shape index (κ1) is 10.8. The van der Waals surface area contributed by atoms with Crippen LogP contribution in [0.25, 0.3) is 0 Å². The highest BCUT2D eigenvalue weighted by Gasteiger charge is 2.21. The fraction of sp³-hybridized carbons (Fsp3) is 0.625. The van der Waals surface area contributed by atoms with Crippen molar-refractivity contribution in [2.24, 2.45) is 5.92 Å². The number of rotatable bonds is 6. The Hall–Kier alpha value is -1.19. The van der Waals surface area contributed by atoms with Crippen molar-refractivity contribution >= 4 is 18.0 Å². The molecule has 0 aromatic rings. The van der Waals surface area contributed by atoms with Gasteiger partial charge in [0.2, 0.25) is 0 Å². The lowest BCUT2D eigenvalue weighted by atomic mass is 9.99. The first-order valence-electron chi connectivity index (χ1n) is 3.76. The van der Waals surface area contributed by atoms with Gasteiger partial charge in [0.15, 0.2) is 0 Å². The number of carboxylic acids is 1. The summed E-state index contributed by atoms with van der Waals surface area (Å²) in [6.07, 6.45) is 1.75. The third-order valence-corrected chi connectivity index (χ3v) is 1.60. The van der Waals surface area contributed by atoms with Crippen molar-refractivity contribution < 1.29 is 19.5 Å². The van der Waals surface area contributed by atoms with Crippen LogP contribution in [0.2, 0.25) is 0 Å². The second-order valence-corrected chi connectivity index (χ2v) is 2.60. The summed E-state index contributed by atoms with van der Waals surface area (Å²) in [6, 6.07) is 0. The molecule has 4 heteroatoms. The second-order valence-electron chi connectivity index (χ2n) is 2.60. The Labute approximate surface area is 70.6 Å². The van der Waals surface area contributed by atoms with Crippen LogP contribution in [0.5, 0.6) is 0 Å². The van der Waals surface area contributed by atoms with Crippen molar-refractivity contribution in [2.45, 2.75) is 26.2 Å². The van der Waals surface area contributed by atoms with Gasteiger partial charge in [-0.3, -0.25) is 9.59 Å². The van der Waals surface area contributed by atoms with E-state index in [1.165, 1.54) is 6.92 Å². The maximum atomic E-state index is 10.7. The number of hydrogen-bond donors (Lipinski definition) is 1. The summed E-state index contributed by atoms with van der Waals surface area (Å²) < 4.78 is 0. The van der Waals surface area contributed by atoms with Crippen LogP contribution in [-0.4, -0.2) is 23.1 Å². The van der Waals surface area contributed by atoms with Crippen LogP contribution in [0.15, 0.2) is 0 Å². The first-order valence-corrected chi connectivity index (χ1v) is 3.76. The number of hydrogen-bond acceptors (Lipinski definition) is 3. The highest BCUT2D eigenvalue weighted by Crippen LogP contribution is 2.09. The summed E-state index contributed by atoms with van der Waals surface area (Å²) >= 11 is 0. The van der Waals surface area contributed by atoms with Crippen LogP contribution in [0.4, 0.5) is 0 Å². The van der Waals surface area contributed by atoms with E-state index in [-0.39, 0.29) is 12.2 Å². The standard InChI is InChI=1S/C8H12O4/c1-6(10)7(8(11)12)4-2-3-5-9/h5,7H,2-4H2,1H3,(H,11,12). The summed E-state index contributed by atoms with van der Waals surface area (Å²) in [6.45, 7) is 1.25. The van der Waals surface area contributed by atoms with Crippen molar-refractivity contribution in [3.8, 4) is 0 Å². The average molecular weight is 172 g/mol. The third-order valence-electron chi connectivity index (χ3n) is 1.60. The monoisotopic (exact) mass is 172 g/mol. The fourth-order valence-electron chi connectivity index (χ4n) is 0.906. The number of ketones is 1. The van der Waals surface area contributed by atoms with Gasteiger partial charge < -0.3 is 9.90 Å². The zero-order chi connectivity index (χ0) is 9.56. The van der Waals surface area contributed by atoms with E-state index in [0.717, 1.165) is 6.29 Å². The minimum atomic E-state index is -1.10. The van der Waals surface area contributed by atoms with E-state index in [4.69, 9.17) is 5.11 Å². The second kappa shape index (κ2) is 5.46. The summed E-state index contributed by atoms with van der Waals surface area (Å²) in [4.78, 5) is 31.0. The molecule has 0 rings (SSSR count). The summed E-state index contributed by atoms with van der Waals surface area (Å²) in [5.41, 5.74) is 0. The Kier molecular flexibility index (Phi) is 4.92. The molecule has 0 spiro atoms. The smallest absolute Gasteiger partial charge is 0.314 e. The van der Waals surface area contributed by atoms with Crippen LogP contribution in [0, 0.1) is 5.92 Å². The van der Waals surface area contributed by atoms with E-state index in [2.05, 4.69) is 0 Å². The molecule has 0 radical (unpaired) electrons. The molecule has 0 fully saturated rings. The Balaban J connectivity index is 3.88. The number of carbonyl (C=O) groups is 3. The molecule has 0 heterocycles. The van der Waals surface area contributed by atoms with Crippen molar-refractivity contribution in [2.75, 3.05) is 0 Å². The molecule has 0 aliphatic rings. The minimum Gasteiger partial charge on any atom is -0.481 e. The molecule has 1 unspecified atom stereocenters. The number of unbranched alkanes of at least 4 members (excludes halogenated alkanes) is 1. The minimum absolute atomic E-state index is 0.253. The highest BCUT2D eigenvalue weighted by molar-refractivity contribution is 5.96. The summed E-state index contributed by atoms with van der Waals surface area (Å²) in [7, 11) is 0. The highest BCUT2D eigenvalue weighted by atomic mass is 16.4. The number of aldehydes is 1. The quantitative estimate of drug-likeness (QED) is 0.362. The van der Waals surface area contributed by atoms with E-state index >= 15 is 0 Å². The molecule has 0 aromatic carbocycles. The molecule has 0 saturated carbocycles. The lowest BCUT2D eigenvalue weighted by molar-refractivity contribution is -0.146. The third kappa shape index (κ3) is 3.85. The van der Waals surface area contributed by atoms with E-state index in [0.29, 0.717) is 12.8 Å². The Morgan fingerprint density at radius 2 is 2.08 bits per heavy atom. The maximum Gasteiger partial charge on any atom is 0.314 e. The van der Waals surface area contributed by atoms with Crippen LogP contribution in [0.3, 0.4) is 0 Å². The van der Waals surface area contributed by atoms with Crippen molar-refractivity contribution in [1.82, 2.24) is 0 Å². The number of Topliss-reactive ketones (excluding diaryl/α,β-unsaturated/α-hetero) is 1. The molecule has 4 nitrogen and oxygen atoms in total. The van der Waals surface area contributed by atoms with E-state index < -0.39 is 11.9 Å². The summed E-state index contributed by atoms with van der Waals surface area (Å²) in [5, 5.41) is 8.53. The predicted octanol–water partition coefficient (Wildman–Crippen LogP) is 0.645. The van der Waals surface area contributed by atoms with E-state index in [1.807, 2.05) is 0 Å². The van der Waals surface area contributed by atoms with Gasteiger partial charge in [0.1, 0.15) is 18.0 Å². The molecule has 0 aliphatic heterocycles. The molecule has 0 aromatic heterocycles. The van der Waals surface area contributed by atoms with Crippen LogP contribution < -0.4 is 0 Å². The molecule has 1 N–H and O–H groups in total. The summed E-state index contributed by atoms with van der Waals surface area (Å²) in [5.74, 6) is -2.40. The largest absolute Gasteiger partial charge is 0.481 e. The van der Waals surface area contributed by atoms with E-state index in [1.54, 1.807) is 0 Å². The van der Waals surface area contributed by atoms with Gasteiger partial charge in [-0.1, -0.05) is 0 Å². The van der Waals surface area contributed by atoms with Gasteiger partial charge in [0, 0.05) is 6.42 Å². The van der Waals surface area contributed by atoms with Crippen molar-refractivity contribution in [3.05, 3.63) is 0 Å². The van der Waals surface area contributed by atoms with Gasteiger partial charge in [-0.2, -0.15) is 0 Å². The number of carbonyl (C=O) groups excluding carboxylic acids is 2. The predicted molar refractivity (Wildman–Crippen MR) is 41.7 cm³/mol. The van der Waals surface area contributed by atoms with Gasteiger partial charge in [-0.05, 0) is 19.8 Å². The topological polar surface area (TPSA) is 71.4 Å². The Morgan fingerprint density at radius 3 is 2.42 bits per heavy atom.